The number of hydrogen-bond donors (Lipinski definition) is 1. The third kappa shape index (κ3) is 2.62. The number of rotatable bonds is 4. The van der Waals surface area contributed by atoms with Gasteiger partial charge in [-0.25, -0.2) is 0 Å². The van der Waals surface area contributed by atoms with Gasteiger partial charge in [0.15, 0.2) is 5.82 Å². The maximum absolute atomic E-state index is 5.67. The van der Waals surface area contributed by atoms with Crippen molar-refractivity contribution in [3.05, 3.63) is 35.8 Å². The molecule has 0 spiro atoms. The summed E-state index contributed by atoms with van der Waals surface area (Å²) in [5.74, 6) is 0.675. The molecule has 0 aliphatic heterocycles. The summed E-state index contributed by atoms with van der Waals surface area (Å²) in [6, 6.07) is 1.77. The Kier molecular flexibility index (Phi) is 3.52. The van der Waals surface area contributed by atoms with Gasteiger partial charge in [-0.1, -0.05) is 12.2 Å². The van der Waals surface area contributed by atoms with Crippen LogP contribution >= 0.6 is 12.2 Å². The SMILES string of the molecule is CN(Cc1cnn(C)c1)c1nnccc1C(N)=S. The molecule has 2 N–H and O–H groups in total. The van der Waals surface area contributed by atoms with Gasteiger partial charge in [-0.15, -0.1) is 5.10 Å². The van der Waals surface area contributed by atoms with Gasteiger partial charge in [0.2, 0.25) is 0 Å². The number of nitrogens with two attached hydrogens (primary N) is 1. The number of aryl methyl sites for hydroxylation is 1. The van der Waals surface area contributed by atoms with Gasteiger partial charge in [0, 0.05) is 32.4 Å². The van der Waals surface area contributed by atoms with Crippen LogP contribution in [0.3, 0.4) is 0 Å². The van der Waals surface area contributed by atoms with E-state index in [1.165, 1.54) is 0 Å². The van der Waals surface area contributed by atoms with Crippen LogP contribution in [0.4, 0.5) is 5.82 Å². The molecule has 0 aromatic carbocycles. The molecule has 6 nitrogen and oxygen atoms in total. The molecule has 0 unspecified atom stereocenters. The zero-order chi connectivity index (χ0) is 13.1. The molecular formula is C11H14N6S. The molecule has 94 valence electrons. The fourth-order valence-electron chi connectivity index (χ4n) is 1.70. The number of nitrogens with zero attached hydrogens (tertiary/aromatic N) is 5. The van der Waals surface area contributed by atoms with Crippen LogP contribution in [0.25, 0.3) is 0 Å². The molecule has 2 aromatic heterocycles. The summed E-state index contributed by atoms with van der Waals surface area (Å²) in [4.78, 5) is 2.26. The maximum atomic E-state index is 5.67. The fraction of sp³-hybridized carbons (Fsp3) is 0.273. The van der Waals surface area contributed by atoms with Crippen molar-refractivity contribution in [1.82, 2.24) is 20.0 Å². The lowest BCUT2D eigenvalue weighted by Gasteiger charge is -2.19. The molecule has 0 amide bonds. The van der Waals surface area contributed by atoms with E-state index < -0.39 is 0 Å². The van der Waals surface area contributed by atoms with Crippen LogP contribution in [-0.2, 0) is 13.6 Å². The smallest absolute Gasteiger partial charge is 0.161 e. The second kappa shape index (κ2) is 5.09. The van der Waals surface area contributed by atoms with Gasteiger partial charge in [-0.2, -0.15) is 10.2 Å². The molecule has 0 bridgehead atoms. The van der Waals surface area contributed by atoms with Crippen molar-refractivity contribution in [3.63, 3.8) is 0 Å². The first-order valence-electron chi connectivity index (χ1n) is 5.38. The Bertz CT molecular complexity index is 564. The van der Waals surface area contributed by atoms with Crippen molar-refractivity contribution >= 4 is 23.0 Å². The minimum absolute atomic E-state index is 0.318. The topological polar surface area (TPSA) is 72.9 Å². The highest BCUT2D eigenvalue weighted by Crippen LogP contribution is 2.16. The Morgan fingerprint density at radius 1 is 1.56 bits per heavy atom. The third-order valence-electron chi connectivity index (χ3n) is 2.51. The minimum Gasteiger partial charge on any atom is -0.389 e. The van der Waals surface area contributed by atoms with Gasteiger partial charge < -0.3 is 10.6 Å². The van der Waals surface area contributed by atoms with Gasteiger partial charge in [0.1, 0.15) is 4.99 Å². The lowest BCUT2D eigenvalue weighted by molar-refractivity contribution is 0.766. The predicted octanol–water partition coefficient (Wildman–Crippen LogP) is 0.481. The highest BCUT2D eigenvalue weighted by molar-refractivity contribution is 7.80. The average Bonchev–Trinajstić information content (AvgIpc) is 2.74. The normalized spacial score (nSPS) is 10.3. The van der Waals surface area contributed by atoms with Crippen LogP contribution < -0.4 is 10.6 Å². The monoisotopic (exact) mass is 262 g/mol. The number of thiocarbonyl (C=S) groups is 1. The van der Waals surface area contributed by atoms with Crippen LogP contribution in [0.5, 0.6) is 0 Å². The number of aromatic nitrogens is 4. The van der Waals surface area contributed by atoms with Gasteiger partial charge in [-0.05, 0) is 6.07 Å². The van der Waals surface area contributed by atoms with Gasteiger partial charge in [0.05, 0.1) is 18.0 Å². The molecule has 0 saturated carbocycles. The summed E-state index contributed by atoms with van der Waals surface area (Å²) in [6.07, 6.45) is 5.34. The van der Waals surface area contributed by atoms with Crippen molar-refractivity contribution in [3.8, 4) is 0 Å². The minimum atomic E-state index is 0.318. The highest BCUT2D eigenvalue weighted by atomic mass is 32.1. The predicted molar refractivity (Wildman–Crippen MR) is 73.2 cm³/mol. The second-order valence-corrected chi connectivity index (χ2v) is 4.45. The first kappa shape index (κ1) is 12.4. The van der Waals surface area contributed by atoms with Gasteiger partial charge in [-0.3, -0.25) is 4.68 Å². The first-order valence-corrected chi connectivity index (χ1v) is 5.79. The van der Waals surface area contributed by atoms with E-state index in [1.54, 1.807) is 16.9 Å². The summed E-state index contributed by atoms with van der Waals surface area (Å²) in [6.45, 7) is 0.669. The molecule has 0 saturated heterocycles. The number of hydrogen-bond acceptors (Lipinski definition) is 5. The molecule has 0 fully saturated rings. The van der Waals surface area contributed by atoms with Crippen molar-refractivity contribution < 1.29 is 0 Å². The highest BCUT2D eigenvalue weighted by Gasteiger charge is 2.12. The lowest BCUT2D eigenvalue weighted by Crippen LogP contribution is -2.23. The Morgan fingerprint density at radius 2 is 2.33 bits per heavy atom. The summed E-state index contributed by atoms with van der Waals surface area (Å²) in [7, 11) is 3.80. The van der Waals surface area contributed by atoms with Crippen molar-refractivity contribution in [2.75, 3.05) is 11.9 Å². The average molecular weight is 262 g/mol. The summed E-state index contributed by atoms with van der Waals surface area (Å²) in [5.41, 5.74) is 7.48. The summed E-state index contributed by atoms with van der Waals surface area (Å²) >= 11 is 5.00. The van der Waals surface area contributed by atoms with E-state index in [1.807, 2.05) is 31.4 Å². The summed E-state index contributed by atoms with van der Waals surface area (Å²) < 4.78 is 1.76. The molecule has 2 rings (SSSR count). The van der Waals surface area contributed by atoms with E-state index >= 15 is 0 Å². The molecule has 18 heavy (non-hydrogen) atoms. The number of anilines is 1. The van der Waals surface area contributed by atoms with Crippen LogP contribution in [0, 0.1) is 0 Å². The van der Waals surface area contributed by atoms with E-state index in [2.05, 4.69) is 15.3 Å². The van der Waals surface area contributed by atoms with Crippen molar-refractivity contribution in [2.45, 2.75) is 6.54 Å². The largest absolute Gasteiger partial charge is 0.389 e. The molecule has 2 aromatic rings. The second-order valence-electron chi connectivity index (χ2n) is 4.01. The third-order valence-corrected chi connectivity index (χ3v) is 2.73. The Hall–Kier alpha value is -2.02. The van der Waals surface area contributed by atoms with Crippen molar-refractivity contribution in [2.24, 2.45) is 12.8 Å². The van der Waals surface area contributed by atoms with Gasteiger partial charge in [0.25, 0.3) is 0 Å². The van der Waals surface area contributed by atoms with E-state index in [9.17, 15) is 0 Å². The first-order chi connectivity index (χ1) is 8.58. The van der Waals surface area contributed by atoms with Gasteiger partial charge >= 0.3 is 0 Å². The Morgan fingerprint density at radius 3 is 2.94 bits per heavy atom. The molecule has 0 aliphatic carbocycles. The Balaban J connectivity index is 2.23. The quantitative estimate of drug-likeness (QED) is 0.808. The molecule has 0 radical (unpaired) electrons. The molecular weight excluding hydrogens is 248 g/mol. The van der Waals surface area contributed by atoms with Crippen LogP contribution in [-0.4, -0.2) is 32.0 Å². The van der Waals surface area contributed by atoms with E-state index in [-0.39, 0.29) is 0 Å². The lowest BCUT2D eigenvalue weighted by atomic mass is 10.2. The summed E-state index contributed by atoms with van der Waals surface area (Å²) in [5, 5.41) is 12.1. The molecule has 0 atom stereocenters. The van der Waals surface area contributed by atoms with E-state index in [4.69, 9.17) is 18.0 Å². The maximum Gasteiger partial charge on any atom is 0.161 e. The zero-order valence-electron chi connectivity index (χ0n) is 10.2. The zero-order valence-corrected chi connectivity index (χ0v) is 11.1. The van der Waals surface area contributed by atoms with Crippen molar-refractivity contribution in [1.29, 1.82) is 0 Å². The van der Waals surface area contributed by atoms with E-state index in [0.29, 0.717) is 17.4 Å². The molecule has 0 aliphatic rings. The fourth-order valence-corrected chi connectivity index (χ4v) is 1.86. The standard InChI is InChI=1S/C11H14N6S/c1-16(6-8-5-14-17(2)7-8)11-9(10(12)18)3-4-13-15-11/h3-5,7H,6H2,1-2H3,(H2,12,18). The Labute approximate surface area is 110 Å². The molecule has 7 heteroatoms. The van der Waals surface area contributed by atoms with Crippen LogP contribution in [0.2, 0.25) is 0 Å². The van der Waals surface area contributed by atoms with E-state index in [0.717, 1.165) is 11.1 Å². The van der Waals surface area contributed by atoms with Crippen LogP contribution in [0.15, 0.2) is 24.7 Å². The molecule has 2 heterocycles. The van der Waals surface area contributed by atoms with Crippen LogP contribution in [0.1, 0.15) is 11.1 Å².